The number of hydrogen-bond donors (Lipinski definition) is 0. The van der Waals surface area contributed by atoms with Gasteiger partial charge in [0.25, 0.3) is 0 Å². The van der Waals surface area contributed by atoms with Crippen molar-refractivity contribution in [1.29, 1.82) is 0 Å². The first-order valence-corrected chi connectivity index (χ1v) is 10.7. The predicted octanol–water partition coefficient (Wildman–Crippen LogP) is 3.18. The van der Waals surface area contributed by atoms with Gasteiger partial charge in [-0.2, -0.15) is 0 Å². The van der Waals surface area contributed by atoms with Crippen LogP contribution in [-0.2, 0) is 17.8 Å². The Labute approximate surface area is 173 Å². The summed E-state index contributed by atoms with van der Waals surface area (Å²) in [6.45, 7) is 9.89. The van der Waals surface area contributed by atoms with E-state index in [9.17, 15) is 4.79 Å². The van der Waals surface area contributed by atoms with Gasteiger partial charge >= 0.3 is 0 Å². The summed E-state index contributed by atoms with van der Waals surface area (Å²) in [7, 11) is 0. The Morgan fingerprint density at radius 2 is 1.66 bits per heavy atom. The fourth-order valence-corrected chi connectivity index (χ4v) is 4.45. The molecule has 154 valence electrons. The molecule has 5 heteroatoms. The number of carbonyl (C=O) groups excluding carboxylic acids is 1. The molecule has 0 unspecified atom stereocenters. The Morgan fingerprint density at radius 3 is 2.41 bits per heavy atom. The Hall–Kier alpha value is -2.53. The molecular weight excluding hydrogens is 362 g/mol. The van der Waals surface area contributed by atoms with Gasteiger partial charge in [0.2, 0.25) is 5.91 Å². The van der Waals surface area contributed by atoms with Gasteiger partial charge in [-0.25, -0.2) is 0 Å². The number of benzene rings is 2. The molecule has 0 spiro atoms. The number of nitrogens with zero attached hydrogens (tertiary/aromatic N) is 3. The fraction of sp³-hybridized carbons (Fsp3) is 0.458. The van der Waals surface area contributed by atoms with E-state index >= 15 is 0 Å². The number of anilines is 1. The Kier molecular flexibility index (Phi) is 6.05. The minimum atomic E-state index is -0.0791. The van der Waals surface area contributed by atoms with Crippen molar-refractivity contribution < 1.29 is 9.53 Å². The van der Waals surface area contributed by atoms with Crippen LogP contribution in [0.3, 0.4) is 0 Å². The van der Waals surface area contributed by atoms with E-state index in [1.807, 2.05) is 24.0 Å². The first kappa shape index (κ1) is 19.8. The maximum Gasteiger partial charge on any atom is 0.239 e. The monoisotopic (exact) mass is 393 g/mol. The lowest BCUT2D eigenvalue weighted by atomic mass is 9.99. The molecule has 29 heavy (non-hydrogen) atoms. The summed E-state index contributed by atoms with van der Waals surface area (Å²) in [6.07, 6.45) is 0.955. The molecule has 2 aromatic rings. The maximum atomic E-state index is 13.1. The predicted molar refractivity (Wildman–Crippen MR) is 116 cm³/mol. The minimum absolute atomic E-state index is 0.0791. The number of amides is 1. The lowest BCUT2D eigenvalue weighted by molar-refractivity contribution is -0.137. The van der Waals surface area contributed by atoms with Gasteiger partial charge < -0.3 is 14.5 Å². The van der Waals surface area contributed by atoms with E-state index in [-0.39, 0.29) is 11.9 Å². The highest BCUT2D eigenvalue weighted by molar-refractivity contribution is 5.81. The van der Waals surface area contributed by atoms with Gasteiger partial charge in [0.1, 0.15) is 5.75 Å². The minimum Gasteiger partial charge on any atom is -0.492 e. The van der Waals surface area contributed by atoms with Gasteiger partial charge in [-0.1, -0.05) is 36.4 Å². The quantitative estimate of drug-likeness (QED) is 0.782. The molecule has 1 saturated heterocycles. The highest BCUT2D eigenvalue weighted by Gasteiger charge is 2.30. The molecule has 0 N–H and O–H groups in total. The second-order valence-corrected chi connectivity index (χ2v) is 7.88. The van der Waals surface area contributed by atoms with E-state index in [1.54, 1.807) is 0 Å². The third-order valence-electron chi connectivity index (χ3n) is 6.17. The summed E-state index contributed by atoms with van der Waals surface area (Å²) < 4.78 is 5.79. The van der Waals surface area contributed by atoms with Crippen molar-refractivity contribution in [3.63, 3.8) is 0 Å². The number of piperazine rings is 1. The lowest BCUT2D eigenvalue weighted by Gasteiger charge is -2.40. The van der Waals surface area contributed by atoms with E-state index in [0.29, 0.717) is 6.61 Å². The third kappa shape index (κ3) is 4.25. The van der Waals surface area contributed by atoms with Crippen LogP contribution in [0.25, 0.3) is 0 Å². The molecule has 2 aliphatic rings. The third-order valence-corrected chi connectivity index (χ3v) is 6.17. The highest BCUT2D eigenvalue weighted by atomic mass is 16.5. The molecule has 1 amide bonds. The Morgan fingerprint density at radius 1 is 0.966 bits per heavy atom. The van der Waals surface area contributed by atoms with Gasteiger partial charge in [-0.3, -0.25) is 9.69 Å². The van der Waals surface area contributed by atoms with Crippen LogP contribution in [0.5, 0.6) is 5.75 Å². The standard InChI is InChI=1S/C24H31N3O2/c1-3-29-23-11-7-6-10-22(23)26-16-14-25(15-17-26)19(2)24(28)27-13-12-20-8-4-5-9-21(20)18-27/h4-11,19H,3,12-18H2,1-2H3/t19-/m0/s1. The molecule has 2 heterocycles. The summed E-state index contributed by atoms with van der Waals surface area (Å²) in [4.78, 5) is 19.9. The average molecular weight is 394 g/mol. The van der Waals surface area contributed by atoms with Crippen molar-refractivity contribution in [2.45, 2.75) is 32.9 Å². The van der Waals surface area contributed by atoms with Gasteiger partial charge in [-0.15, -0.1) is 0 Å². The molecule has 2 aliphatic heterocycles. The number of rotatable bonds is 5. The number of hydrogen-bond acceptors (Lipinski definition) is 4. The normalized spacial score (nSPS) is 18.3. The molecule has 0 aliphatic carbocycles. The number of fused-ring (bicyclic) bond motifs is 1. The van der Waals surface area contributed by atoms with Crippen molar-refractivity contribution in [1.82, 2.24) is 9.80 Å². The van der Waals surface area contributed by atoms with Crippen LogP contribution >= 0.6 is 0 Å². The topological polar surface area (TPSA) is 36.0 Å². The zero-order chi connectivity index (χ0) is 20.2. The zero-order valence-electron chi connectivity index (χ0n) is 17.5. The second-order valence-electron chi connectivity index (χ2n) is 7.88. The van der Waals surface area contributed by atoms with E-state index < -0.39 is 0 Å². The molecule has 2 aromatic carbocycles. The van der Waals surface area contributed by atoms with Crippen molar-refractivity contribution in [2.24, 2.45) is 0 Å². The fourth-order valence-electron chi connectivity index (χ4n) is 4.45. The van der Waals surface area contributed by atoms with Crippen LogP contribution < -0.4 is 9.64 Å². The Balaban J connectivity index is 1.36. The molecule has 0 saturated carbocycles. The maximum absolute atomic E-state index is 13.1. The smallest absolute Gasteiger partial charge is 0.239 e. The first-order chi connectivity index (χ1) is 14.2. The van der Waals surface area contributed by atoms with Crippen LogP contribution in [0.1, 0.15) is 25.0 Å². The molecule has 0 radical (unpaired) electrons. The molecule has 5 nitrogen and oxygen atoms in total. The van der Waals surface area contributed by atoms with Crippen molar-refractivity contribution in [3.05, 3.63) is 59.7 Å². The SMILES string of the molecule is CCOc1ccccc1N1CCN([C@@H](C)C(=O)N2CCc3ccccc3C2)CC1. The lowest BCUT2D eigenvalue weighted by Crippen LogP contribution is -2.55. The van der Waals surface area contributed by atoms with Gasteiger partial charge in [0, 0.05) is 39.3 Å². The van der Waals surface area contributed by atoms with E-state index in [1.165, 1.54) is 11.1 Å². The zero-order valence-corrected chi connectivity index (χ0v) is 17.5. The number of carbonyl (C=O) groups is 1. The van der Waals surface area contributed by atoms with Crippen molar-refractivity contribution in [2.75, 3.05) is 44.2 Å². The average Bonchev–Trinajstić information content (AvgIpc) is 2.78. The highest BCUT2D eigenvalue weighted by Crippen LogP contribution is 2.29. The van der Waals surface area contributed by atoms with Crippen LogP contribution in [-0.4, -0.2) is 61.1 Å². The summed E-state index contributed by atoms with van der Waals surface area (Å²) in [5, 5.41) is 0. The molecule has 4 rings (SSSR count). The van der Waals surface area contributed by atoms with Gasteiger partial charge in [0.15, 0.2) is 0 Å². The summed E-state index contributed by atoms with van der Waals surface area (Å²) in [6, 6.07) is 16.6. The number of ether oxygens (including phenoxy) is 1. The molecule has 1 atom stereocenters. The summed E-state index contributed by atoms with van der Waals surface area (Å²) >= 11 is 0. The van der Waals surface area contributed by atoms with Crippen LogP contribution in [0.15, 0.2) is 48.5 Å². The van der Waals surface area contributed by atoms with Crippen LogP contribution in [0.4, 0.5) is 5.69 Å². The summed E-state index contributed by atoms with van der Waals surface area (Å²) in [5.41, 5.74) is 3.82. The second kappa shape index (κ2) is 8.87. The summed E-state index contributed by atoms with van der Waals surface area (Å²) in [5.74, 6) is 1.20. The van der Waals surface area contributed by atoms with E-state index in [2.05, 4.69) is 53.1 Å². The first-order valence-electron chi connectivity index (χ1n) is 10.7. The van der Waals surface area contributed by atoms with Gasteiger partial charge in [0.05, 0.1) is 18.3 Å². The Bertz CT molecular complexity index is 846. The molecular formula is C24H31N3O2. The van der Waals surface area contributed by atoms with Crippen molar-refractivity contribution >= 4 is 11.6 Å². The number of para-hydroxylation sites is 2. The van der Waals surface area contributed by atoms with Crippen LogP contribution in [0.2, 0.25) is 0 Å². The molecule has 0 bridgehead atoms. The van der Waals surface area contributed by atoms with E-state index in [0.717, 1.165) is 57.1 Å². The van der Waals surface area contributed by atoms with Gasteiger partial charge in [-0.05, 0) is 43.5 Å². The molecule has 1 fully saturated rings. The largest absolute Gasteiger partial charge is 0.492 e. The van der Waals surface area contributed by atoms with Crippen LogP contribution in [0, 0.1) is 0 Å². The molecule has 0 aromatic heterocycles. The van der Waals surface area contributed by atoms with Crippen molar-refractivity contribution in [3.8, 4) is 5.75 Å². The van der Waals surface area contributed by atoms with E-state index in [4.69, 9.17) is 4.74 Å².